The second-order valence-corrected chi connectivity index (χ2v) is 3.60. The maximum absolute atomic E-state index is 13.4. The fourth-order valence-electron chi connectivity index (χ4n) is 1.50. The van der Waals surface area contributed by atoms with Crippen molar-refractivity contribution in [1.82, 2.24) is 4.98 Å². The van der Waals surface area contributed by atoms with Crippen LogP contribution in [0.5, 0.6) is 0 Å². The minimum atomic E-state index is -0.352. The molecule has 0 spiro atoms. The van der Waals surface area contributed by atoms with Crippen LogP contribution in [0.3, 0.4) is 0 Å². The molecule has 0 radical (unpaired) electrons. The van der Waals surface area contributed by atoms with E-state index >= 15 is 0 Å². The molecule has 0 atom stereocenters. The number of nitriles is 1. The van der Waals surface area contributed by atoms with E-state index in [1.165, 1.54) is 6.07 Å². The first-order valence-electron chi connectivity index (χ1n) is 5.09. The summed E-state index contributed by atoms with van der Waals surface area (Å²) in [6.07, 6.45) is 0. The van der Waals surface area contributed by atoms with Gasteiger partial charge >= 0.3 is 0 Å². The first-order chi connectivity index (χ1) is 8.19. The minimum Gasteiger partial charge on any atom is -0.338 e. The van der Waals surface area contributed by atoms with Gasteiger partial charge in [0.2, 0.25) is 0 Å². The molecular formula is C13H10FN3. The number of pyridine rings is 1. The van der Waals surface area contributed by atoms with E-state index in [1.807, 2.05) is 6.07 Å². The van der Waals surface area contributed by atoms with Gasteiger partial charge in [-0.25, -0.2) is 9.37 Å². The molecule has 84 valence electrons. The van der Waals surface area contributed by atoms with Gasteiger partial charge in [0.05, 0.1) is 17.3 Å². The highest BCUT2D eigenvalue weighted by Gasteiger charge is 2.03. The van der Waals surface area contributed by atoms with Gasteiger partial charge in [0, 0.05) is 5.69 Å². The van der Waals surface area contributed by atoms with E-state index in [2.05, 4.69) is 10.3 Å². The van der Waals surface area contributed by atoms with Gasteiger partial charge in [0.1, 0.15) is 11.6 Å². The van der Waals surface area contributed by atoms with Crippen LogP contribution < -0.4 is 5.32 Å². The van der Waals surface area contributed by atoms with Crippen LogP contribution in [0, 0.1) is 24.1 Å². The SMILES string of the molecule is Cc1cc(C#N)cc(Nc2ccccc2F)n1. The van der Waals surface area contributed by atoms with Gasteiger partial charge in [0.25, 0.3) is 0 Å². The molecule has 1 aromatic heterocycles. The highest BCUT2D eigenvalue weighted by molar-refractivity contribution is 5.58. The number of anilines is 2. The van der Waals surface area contributed by atoms with Gasteiger partial charge in [-0.15, -0.1) is 0 Å². The topological polar surface area (TPSA) is 48.7 Å². The van der Waals surface area contributed by atoms with Crippen LogP contribution in [0.2, 0.25) is 0 Å². The lowest BCUT2D eigenvalue weighted by atomic mass is 10.2. The smallest absolute Gasteiger partial charge is 0.146 e. The standard InChI is InChI=1S/C13H10FN3/c1-9-6-10(8-15)7-13(16-9)17-12-5-3-2-4-11(12)14/h2-7H,1H3,(H,16,17). The lowest BCUT2D eigenvalue weighted by Gasteiger charge is -2.07. The number of rotatable bonds is 2. The first kappa shape index (κ1) is 11.1. The zero-order chi connectivity index (χ0) is 12.3. The zero-order valence-electron chi connectivity index (χ0n) is 9.24. The molecule has 0 amide bonds. The van der Waals surface area contributed by atoms with E-state index in [9.17, 15) is 4.39 Å². The van der Waals surface area contributed by atoms with E-state index in [0.29, 0.717) is 22.8 Å². The summed E-state index contributed by atoms with van der Waals surface area (Å²) in [6.45, 7) is 1.79. The van der Waals surface area contributed by atoms with Crippen LogP contribution in [-0.4, -0.2) is 4.98 Å². The fraction of sp³-hybridized carbons (Fsp3) is 0.0769. The molecule has 0 fully saturated rings. The molecule has 1 heterocycles. The number of hydrogen-bond donors (Lipinski definition) is 1. The summed E-state index contributed by atoms with van der Waals surface area (Å²) in [7, 11) is 0. The Morgan fingerprint density at radius 3 is 2.76 bits per heavy atom. The number of para-hydroxylation sites is 1. The number of benzene rings is 1. The molecule has 0 aliphatic heterocycles. The molecule has 3 nitrogen and oxygen atoms in total. The molecule has 0 bridgehead atoms. The average molecular weight is 227 g/mol. The van der Waals surface area contributed by atoms with Crippen molar-refractivity contribution in [1.29, 1.82) is 5.26 Å². The molecule has 1 N–H and O–H groups in total. The number of nitrogens with one attached hydrogen (secondary N) is 1. The maximum Gasteiger partial charge on any atom is 0.146 e. The molecule has 0 unspecified atom stereocenters. The van der Waals surface area contributed by atoms with E-state index in [4.69, 9.17) is 5.26 Å². The van der Waals surface area contributed by atoms with Crippen molar-refractivity contribution in [2.45, 2.75) is 6.92 Å². The summed E-state index contributed by atoms with van der Waals surface area (Å²) >= 11 is 0. The molecular weight excluding hydrogens is 217 g/mol. The Labute approximate surface area is 98.5 Å². The third kappa shape index (κ3) is 2.58. The van der Waals surface area contributed by atoms with Gasteiger partial charge in [-0.2, -0.15) is 5.26 Å². The molecule has 17 heavy (non-hydrogen) atoms. The van der Waals surface area contributed by atoms with Gasteiger partial charge in [-0.3, -0.25) is 0 Å². The van der Waals surface area contributed by atoms with E-state index in [-0.39, 0.29) is 5.82 Å². The van der Waals surface area contributed by atoms with Crippen LogP contribution >= 0.6 is 0 Å². The minimum absolute atomic E-state index is 0.342. The third-order valence-electron chi connectivity index (χ3n) is 2.22. The van der Waals surface area contributed by atoms with Crippen molar-refractivity contribution in [3.05, 3.63) is 53.5 Å². The highest BCUT2D eigenvalue weighted by atomic mass is 19.1. The van der Waals surface area contributed by atoms with Crippen molar-refractivity contribution in [2.24, 2.45) is 0 Å². The maximum atomic E-state index is 13.4. The molecule has 0 saturated carbocycles. The number of nitrogens with zero attached hydrogens (tertiary/aromatic N) is 2. The summed E-state index contributed by atoms with van der Waals surface area (Å²) < 4.78 is 13.4. The van der Waals surface area contributed by atoms with Crippen molar-refractivity contribution in [3.8, 4) is 6.07 Å². The second kappa shape index (κ2) is 4.62. The molecule has 2 rings (SSSR count). The number of hydrogen-bond acceptors (Lipinski definition) is 3. The molecule has 0 saturated heterocycles. The van der Waals surface area contributed by atoms with Crippen molar-refractivity contribution < 1.29 is 4.39 Å². The first-order valence-corrected chi connectivity index (χ1v) is 5.09. The molecule has 2 aromatic rings. The van der Waals surface area contributed by atoms with Gasteiger partial charge in [-0.1, -0.05) is 12.1 Å². The van der Waals surface area contributed by atoms with Crippen molar-refractivity contribution in [3.63, 3.8) is 0 Å². The number of halogens is 1. The van der Waals surface area contributed by atoms with Gasteiger partial charge in [0.15, 0.2) is 0 Å². The third-order valence-corrected chi connectivity index (χ3v) is 2.22. The van der Waals surface area contributed by atoms with Crippen LogP contribution in [0.15, 0.2) is 36.4 Å². The summed E-state index contributed by atoms with van der Waals surface area (Å²) in [5.74, 6) is 0.112. The summed E-state index contributed by atoms with van der Waals surface area (Å²) in [5, 5.41) is 11.7. The Balaban J connectivity index is 2.34. The monoisotopic (exact) mass is 227 g/mol. The van der Waals surface area contributed by atoms with E-state index in [0.717, 1.165) is 0 Å². The Bertz CT molecular complexity index is 587. The highest BCUT2D eigenvalue weighted by Crippen LogP contribution is 2.19. The fourth-order valence-corrected chi connectivity index (χ4v) is 1.50. The number of aryl methyl sites for hydroxylation is 1. The summed E-state index contributed by atoms with van der Waals surface area (Å²) in [5.41, 5.74) is 1.55. The van der Waals surface area contributed by atoms with Gasteiger partial charge in [-0.05, 0) is 31.2 Å². The molecule has 4 heteroatoms. The largest absolute Gasteiger partial charge is 0.338 e. The lowest BCUT2D eigenvalue weighted by molar-refractivity contribution is 0.632. The predicted octanol–water partition coefficient (Wildman–Crippen LogP) is 3.14. The summed E-state index contributed by atoms with van der Waals surface area (Å²) in [6, 6.07) is 11.6. The Kier molecular flexibility index (Phi) is 3.01. The van der Waals surface area contributed by atoms with Crippen LogP contribution in [0.4, 0.5) is 15.9 Å². The molecule has 0 aliphatic carbocycles. The van der Waals surface area contributed by atoms with E-state index < -0.39 is 0 Å². The lowest BCUT2D eigenvalue weighted by Crippen LogP contribution is -1.98. The quantitative estimate of drug-likeness (QED) is 0.857. The van der Waals surface area contributed by atoms with Crippen LogP contribution in [-0.2, 0) is 0 Å². The molecule has 1 aromatic carbocycles. The van der Waals surface area contributed by atoms with Gasteiger partial charge < -0.3 is 5.32 Å². The molecule has 0 aliphatic rings. The summed E-state index contributed by atoms with van der Waals surface area (Å²) in [4.78, 5) is 4.19. The normalized spacial score (nSPS) is 9.71. The van der Waals surface area contributed by atoms with E-state index in [1.54, 1.807) is 37.3 Å². The second-order valence-electron chi connectivity index (χ2n) is 3.60. The Morgan fingerprint density at radius 1 is 1.29 bits per heavy atom. The van der Waals surface area contributed by atoms with Crippen molar-refractivity contribution in [2.75, 3.05) is 5.32 Å². The average Bonchev–Trinajstić information content (AvgIpc) is 2.31. The zero-order valence-corrected chi connectivity index (χ0v) is 9.24. The van der Waals surface area contributed by atoms with Crippen molar-refractivity contribution >= 4 is 11.5 Å². The number of aromatic nitrogens is 1. The Morgan fingerprint density at radius 2 is 2.06 bits per heavy atom. The predicted molar refractivity (Wildman–Crippen MR) is 63.4 cm³/mol. The Hall–Kier alpha value is -2.41. The van der Waals surface area contributed by atoms with Crippen LogP contribution in [0.25, 0.3) is 0 Å². The van der Waals surface area contributed by atoms with Crippen LogP contribution in [0.1, 0.15) is 11.3 Å².